The molecule has 0 aromatic carbocycles. The molecule has 6 heteroatoms. The largest absolute Gasteiger partial charge is 0.462 e. The van der Waals surface area contributed by atoms with E-state index >= 15 is 0 Å². The van der Waals surface area contributed by atoms with Gasteiger partial charge >= 0.3 is 5.97 Å². The predicted molar refractivity (Wildman–Crippen MR) is 264 cm³/mol. The van der Waals surface area contributed by atoms with Crippen molar-refractivity contribution < 1.29 is 24.5 Å². The zero-order chi connectivity index (χ0) is 44.5. The van der Waals surface area contributed by atoms with Crippen LogP contribution in [0.25, 0.3) is 0 Å². The van der Waals surface area contributed by atoms with Gasteiger partial charge in [-0.25, -0.2) is 0 Å². The van der Waals surface area contributed by atoms with Crippen molar-refractivity contribution in [1.29, 1.82) is 0 Å². The van der Waals surface area contributed by atoms with Gasteiger partial charge in [0.2, 0.25) is 5.91 Å². The number of carbonyl (C=O) groups excluding carboxylic acids is 2. The molecule has 0 aliphatic heterocycles. The van der Waals surface area contributed by atoms with E-state index in [9.17, 15) is 19.8 Å². The smallest absolute Gasteiger partial charge is 0.306 e. The molecular formula is C55H99NO5. The first kappa shape index (κ1) is 58.6. The van der Waals surface area contributed by atoms with E-state index in [1.54, 1.807) is 0 Å². The quantitative estimate of drug-likeness (QED) is 0.0322. The molecule has 0 aromatic rings. The van der Waals surface area contributed by atoms with E-state index in [-0.39, 0.29) is 24.9 Å². The van der Waals surface area contributed by atoms with Gasteiger partial charge in [0.1, 0.15) is 6.10 Å². The SMILES string of the molecule is CC/C=C\C/C=C\C/C=C\C/C=C\C/C=C\CCCC(CC(=O)NC(CO)C(O)CCCCCCCCCCCCCCC)OC(=O)CCCCCCCCCCCCCC. The Kier molecular flexibility index (Phi) is 46.6. The van der Waals surface area contributed by atoms with Crippen molar-refractivity contribution in [2.45, 2.75) is 270 Å². The van der Waals surface area contributed by atoms with Gasteiger partial charge < -0.3 is 20.3 Å². The molecular weight excluding hydrogens is 755 g/mol. The standard InChI is InChI=1S/C55H99NO5/c1-4-7-10-13-16-19-22-25-26-27-28-30-31-34-37-40-43-46-51(61-55(60)48-45-42-39-36-33-24-21-18-15-12-9-6-3)49-54(59)56-52(50-57)53(58)47-44-41-38-35-32-29-23-20-17-14-11-8-5-2/h7,10,16,19,25-26,28,30,34,37,51-53,57-58H,4-6,8-9,11-15,17-18,20-24,27,29,31-33,35-36,38-50H2,1-3H3,(H,56,59)/b10-7-,19-16-,26-25-,30-28-,37-34-. The molecule has 3 N–H and O–H groups in total. The Morgan fingerprint density at radius 1 is 0.492 bits per heavy atom. The number of aliphatic hydroxyl groups excluding tert-OH is 2. The molecule has 61 heavy (non-hydrogen) atoms. The minimum Gasteiger partial charge on any atom is -0.462 e. The Balaban J connectivity index is 4.68. The Morgan fingerprint density at radius 3 is 1.31 bits per heavy atom. The highest BCUT2D eigenvalue weighted by atomic mass is 16.5. The van der Waals surface area contributed by atoms with Crippen LogP contribution in [0.5, 0.6) is 0 Å². The van der Waals surface area contributed by atoms with Crippen LogP contribution in [0, 0.1) is 0 Å². The van der Waals surface area contributed by atoms with Gasteiger partial charge in [0, 0.05) is 6.42 Å². The second-order valence-corrected chi connectivity index (χ2v) is 17.5. The summed E-state index contributed by atoms with van der Waals surface area (Å²) in [6.45, 7) is 6.35. The fourth-order valence-corrected chi connectivity index (χ4v) is 7.70. The van der Waals surface area contributed by atoms with Crippen LogP contribution < -0.4 is 5.32 Å². The normalized spacial score (nSPS) is 13.7. The van der Waals surface area contributed by atoms with E-state index in [0.717, 1.165) is 83.5 Å². The summed E-state index contributed by atoms with van der Waals surface area (Å²) in [5.74, 6) is -0.526. The average molecular weight is 854 g/mol. The lowest BCUT2D eigenvalue weighted by molar-refractivity contribution is -0.151. The average Bonchev–Trinajstić information content (AvgIpc) is 3.25. The van der Waals surface area contributed by atoms with Crippen molar-refractivity contribution in [3.63, 3.8) is 0 Å². The Labute approximate surface area is 378 Å². The number of amides is 1. The van der Waals surface area contributed by atoms with Crippen LogP contribution in [0.15, 0.2) is 60.8 Å². The van der Waals surface area contributed by atoms with E-state index < -0.39 is 18.2 Å². The van der Waals surface area contributed by atoms with Gasteiger partial charge in [-0.1, -0.05) is 236 Å². The zero-order valence-electron chi connectivity index (χ0n) is 40.3. The molecule has 0 radical (unpaired) electrons. The van der Waals surface area contributed by atoms with Crippen LogP contribution in [0.1, 0.15) is 252 Å². The van der Waals surface area contributed by atoms with Crippen molar-refractivity contribution in [2.24, 2.45) is 0 Å². The number of hydrogen-bond donors (Lipinski definition) is 3. The molecule has 0 heterocycles. The van der Waals surface area contributed by atoms with Gasteiger partial charge in [-0.3, -0.25) is 9.59 Å². The third-order valence-electron chi connectivity index (χ3n) is 11.6. The molecule has 0 aliphatic rings. The van der Waals surface area contributed by atoms with Crippen molar-refractivity contribution in [2.75, 3.05) is 6.61 Å². The number of aliphatic hydroxyl groups is 2. The highest BCUT2D eigenvalue weighted by Gasteiger charge is 2.24. The van der Waals surface area contributed by atoms with Gasteiger partial charge in [0.15, 0.2) is 0 Å². The maximum absolute atomic E-state index is 13.2. The first-order valence-corrected chi connectivity index (χ1v) is 26.0. The number of esters is 1. The lowest BCUT2D eigenvalue weighted by atomic mass is 10.0. The predicted octanol–water partition coefficient (Wildman–Crippen LogP) is 15.6. The second-order valence-electron chi connectivity index (χ2n) is 17.5. The lowest BCUT2D eigenvalue weighted by Gasteiger charge is -2.24. The molecule has 0 saturated carbocycles. The van der Waals surface area contributed by atoms with Crippen LogP contribution >= 0.6 is 0 Å². The second kappa shape index (κ2) is 48.6. The minimum absolute atomic E-state index is 0.0395. The molecule has 0 spiro atoms. The van der Waals surface area contributed by atoms with Crippen molar-refractivity contribution in [1.82, 2.24) is 5.32 Å². The fourth-order valence-electron chi connectivity index (χ4n) is 7.70. The Morgan fingerprint density at radius 2 is 0.885 bits per heavy atom. The number of rotatable bonds is 46. The van der Waals surface area contributed by atoms with Crippen LogP contribution in [0.3, 0.4) is 0 Å². The van der Waals surface area contributed by atoms with Gasteiger partial charge in [-0.15, -0.1) is 0 Å². The first-order valence-electron chi connectivity index (χ1n) is 26.0. The summed E-state index contributed by atoms with van der Waals surface area (Å²) in [6.07, 6.45) is 59.9. The molecule has 0 fully saturated rings. The summed E-state index contributed by atoms with van der Waals surface area (Å²) in [5.41, 5.74) is 0. The third kappa shape index (κ3) is 44.0. The van der Waals surface area contributed by atoms with Crippen LogP contribution in [0.2, 0.25) is 0 Å². The van der Waals surface area contributed by atoms with Crippen molar-refractivity contribution >= 4 is 11.9 Å². The molecule has 0 rings (SSSR count). The van der Waals surface area contributed by atoms with E-state index in [0.29, 0.717) is 19.3 Å². The maximum Gasteiger partial charge on any atom is 0.306 e. The molecule has 3 atom stereocenters. The summed E-state index contributed by atoms with van der Waals surface area (Å²) < 4.78 is 5.91. The minimum atomic E-state index is -0.802. The van der Waals surface area contributed by atoms with Gasteiger partial charge in [-0.05, 0) is 64.2 Å². The summed E-state index contributed by atoms with van der Waals surface area (Å²) >= 11 is 0. The van der Waals surface area contributed by atoms with Gasteiger partial charge in [0.25, 0.3) is 0 Å². The van der Waals surface area contributed by atoms with Crippen LogP contribution in [-0.4, -0.2) is 46.9 Å². The van der Waals surface area contributed by atoms with E-state index in [2.05, 4.69) is 86.8 Å². The lowest BCUT2D eigenvalue weighted by Crippen LogP contribution is -2.46. The zero-order valence-corrected chi connectivity index (χ0v) is 40.3. The maximum atomic E-state index is 13.2. The fraction of sp³-hybridized carbons (Fsp3) is 0.782. The first-order chi connectivity index (χ1) is 30.0. The number of unbranched alkanes of at least 4 members (excludes halogenated alkanes) is 24. The molecule has 0 aliphatic carbocycles. The molecule has 3 unspecified atom stereocenters. The molecule has 6 nitrogen and oxygen atoms in total. The topological polar surface area (TPSA) is 95.9 Å². The number of ether oxygens (including phenoxy) is 1. The van der Waals surface area contributed by atoms with E-state index in [4.69, 9.17) is 4.74 Å². The Bertz CT molecular complexity index is 1090. The van der Waals surface area contributed by atoms with Gasteiger partial charge in [0.05, 0.1) is 25.2 Å². The highest BCUT2D eigenvalue weighted by molar-refractivity contribution is 5.77. The molecule has 354 valence electrons. The third-order valence-corrected chi connectivity index (χ3v) is 11.6. The molecule has 0 saturated heterocycles. The number of hydrogen-bond acceptors (Lipinski definition) is 5. The van der Waals surface area contributed by atoms with E-state index in [1.807, 2.05) is 0 Å². The van der Waals surface area contributed by atoms with Crippen LogP contribution in [0.4, 0.5) is 0 Å². The summed E-state index contributed by atoms with van der Waals surface area (Å²) in [4.78, 5) is 26.1. The molecule has 0 aromatic heterocycles. The summed E-state index contributed by atoms with van der Waals surface area (Å²) in [7, 11) is 0. The van der Waals surface area contributed by atoms with Crippen LogP contribution in [-0.2, 0) is 14.3 Å². The van der Waals surface area contributed by atoms with Crippen molar-refractivity contribution in [3.05, 3.63) is 60.8 Å². The monoisotopic (exact) mass is 854 g/mol. The van der Waals surface area contributed by atoms with E-state index in [1.165, 1.54) is 122 Å². The molecule has 1 amide bonds. The summed E-state index contributed by atoms with van der Waals surface area (Å²) in [5, 5.41) is 23.8. The van der Waals surface area contributed by atoms with Crippen molar-refractivity contribution in [3.8, 4) is 0 Å². The van der Waals surface area contributed by atoms with Gasteiger partial charge in [-0.2, -0.15) is 0 Å². The highest BCUT2D eigenvalue weighted by Crippen LogP contribution is 2.17. The Hall–Kier alpha value is -2.44. The molecule has 0 bridgehead atoms. The number of allylic oxidation sites excluding steroid dienone is 10. The number of carbonyl (C=O) groups is 2. The number of nitrogens with one attached hydrogen (secondary N) is 1. The summed E-state index contributed by atoms with van der Waals surface area (Å²) in [6, 6.07) is -0.719.